The first kappa shape index (κ1) is 20.8. The molecular weight excluding hydrogens is 422 g/mol. The number of hydrogen-bond acceptors (Lipinski definition) is 2. The molecule has 8 heteroatoms. The number of nitrogens with one attached hydrogen (secondary N) is 2. The van der Waals surface area contributed by atoms with Crippen molar-refractivity contribution < 1.29 is 18.3 Å². The Morgan fingerprint density at radius 2 is 1.87 bits per heavy atom. The number of hydrogen-bond donors (Lipinski definition) is 3. The quantitative estimate of drug-likeness (QED) is 0.353. The summed E-state index contributed by atoms with van der Waals surface area (Å²) in [5.74, 6) is -0.746. The van der Waals surface area contributed by atoms with E-state index in [0.29, 0.717) is 18.9 Å². The van der Waals surface area contributed by atoms with Crippen molar-refractivity contribution in [3.63, 3.8) is 0 Å². The largest absolute Gasteiger partial charge is 0.391 e. The van der Waals surface area contributed by atoms with Crippen LogP contribution >= 0.6 is 24.0 Å². The number of alkyl halides is 3. The van der Waals surface area contributed by atoms with Crippen molar-refractivity contribution in [2.75, 3.05) is 13.6 Å². The van der Waals surface area contributed by atoms with Gasteiger partial charge in [0.05, 0.1) is 11.5 Å². The molecule has 0 amide bonds. The van der Waals surface area contributed by atoms with E-state index in [1.807, 2.05) is 0 Å². The Bertz CT molecular complexity index is 398. The molecule has 2 rings (SSSR count). The van der Waals surface area contributed by atoms with Gasteiger partial charge >= 0.3 is 6.18 Å². The summed E-state index contributed by atoms with van der Waals surface area (Å²) >= 11 is 0. The SMILES string of the molecule is CN=C(NCC1(O)CCCC1)NC1CCCC(C(F)(F)F)C1.I. The standard InChI is InChI=1S/C15H26F3N3O.HI/c1-19-13(20-10-14(22)7-2-3-8-14)21-12-6-4-5-11(9-12)15(16,17)18;/h11-12,22H,2-10H2,1H3,(H2,19,20,21);1H. The molecule has 3 N–H and O–H groups in total. The Morgan fingerprint density at radius 3 is 2.43 bits per heavy atom. The lowest BCUT2D eigenvalue weighted by molar-refractivity contribution is -0.183. The second-order valence-corrected chi connectivity index (χ2v) is 6.60. The molecule has 0 saturated heterocycles. The summed E-state index contributed by atoms with van der Waals surface area (Å²) in [5.41, 5.74) is -0.710. The maximum absolute atomic E-state index is 12.8. The van der Waals surface area contributed by atoms with E-state index in [1.54, 1.807) is 7.05 Å². The Kier molecular flexibility index (Phi) is 7.89. The van der Waals surface area contributed by atoms with E-state index >= 15 is 0 Å². The average Bonchev–Trinajstić information content (AvgIpc) is 2.90. The molecule has 0 radical (unpaired) electrons. The molecule has 0 heterocycles. The van der Waals surface area contributed by atoms with E-state index in [-0.39, 0.29) is 42.9 Å². The third-order valence-corrected chi connectivity index (χ3v) is 4.82. The van der Waals surface area contributed by atoms with E-state index in [0.717, 1.165) is 32.1 Å². The second-order valence-electron chi connectivity index (χ2n) is 6.60. The lowest BCUT2D eigenvalue weighted by Crippen LogP contribution is -2.50. The monoisotopic (exact) mass is 449 g/mol. The van der Waals surface area contributed by atoms with Crippen LogP contribution in [0, 0.1) is 5.92 Å². The zero-order valence-electron chi connectivity index (χ0n) is 13.5. The summed E-state index contributed by atoms with van der Waals surface area (Å²) in [7, 11) is 1.60. The van der Waals surface area contributed by atoms with E-state index in [4.69, 9.17) is 0 Å². The molecule has 2 atom stereocenters. The van der Waals surface area contributed by atoms with E-state index in [9.17, 15) is 18.3 Å². The molecule has 23 heavy (non-hydrogen) atoms. The van der Waals surface area contributed by atoms with Gasteiger partial charge in [0.1, 0.15) is 0 Å². The van der Waals surface area contributed by atoms with Gasteiger partial charge in [-0.25, -0.2) is 0 Å². The van der Waals surface area contributed by atoms with Gasteiger partial charge in [0.15, 0.2) is 5.96 Å². The third kappa shape index (κ3) is 6.28. The van der Waals surface area contributed by atoms with Crippen LogP contribution in [0.5, 0.6) is 0 Å². The van der Waals surface area contributed by atoms with E-state index in [2.05, 4.69) is 15.6 Å². The number of aliphatic hydroxyl groups is 1. The van der Waals surface area contributed by atoms with E-state index in [1.165, 1.54) is 0 Å². The van der Waals surface area contributed by atoms with Crippen molar-refractivity contribution >= 4 is 29.9 Å². The predicted octanol–water partition coefficient (Wildman–Crippen LogP) is 3.20. The first-order chi connectivity index (χ1) is 10.3. The molecule has 4 nitrogen and oxygen atoms in total. The van der Waals surface area contributed by atoms with Crippen LogP contribution in [0.25, 0.3) is 0 Å². The minimum absolute atomic E-state index is 0. The molecule has 2 aliphatic rings. The summed E-state index contributed by atoms with van der Waals surface area (Å²) in [6, 6.07) is -0.218. The lowest BCUT2D eigenvalue weighted by atomic mass is 9.85. The van der Waals surface area contributed by atoms with Gasteiger partial charge in [-0.15, -0.1) is 24.0 Å². The summed E-state index contributed by atoms with van der Waals surface area (Å²) in [4.78, 5) is 4.06. The maximum Gasteiger partial charge on any atom is 0.391 e. The number of aliphatic imine (C=N–C) groups is 1. The molecule has 2 saturated carbocycles. The van der Waals surface area contributed by atoms with Gasteiger partial charge in [-0.3, -0.25) is 4.99 Å². The number of rotatable bonds is 3. The summed E-state index contributed by atoms with van der Waals surface area (Å²) < 4.78 is 38.5. The van der Waals surface area contributed by atoms with Crippen LogP contribution in [0.15, 0.2) is 4.99 Å². The fraction of sp³-hybridized carbons (Fsp3) is 0.933. The molecule has 0 aromatic rings. The smallest absolute Gasteiger partial charge is 0.388 e. The van der Waals surface area contributed by atoms with Crippen molar-refractivity contribution in [3.05, 3.63) is 0 Å². The van der Waals surface area contributed by atoms with Crippen molar-refractivity contribution in [3.8, 4) is 0 Å². The number of halogens is 4. The fourth-order valence-electron chi connectivity index (χ4n) is 3.46. The molecule has 2 fully saturated rings. The third-order valence-electron chi connectivity index (χ3n) is 4.82. The highest BCUT2D eigenvalue weighted by molar-refractivity contribution is 14.0. The van der Waals surface area contributed by atoms with Crippen molar-refractivity contribution in [1.82, 2.24) is 10.6 Å². The Balaban J connectivity index is 0.00000264. The fourth-order valence-corrected chi connectivity index (χ4v) is 3.46. The van der Waals surface area contributed by atoms with Gasteiger partial charge < -0.3 is 15.7 Å². The van der Waals surface area contributed by atoms with Crippen LogP contribution in [0.4, 0.5) is 13.2 Å². The summed E-state index contributed by atoms with van der Waals surface area (Å²) in [5, 5.41) is 16.4. The van der Waals surface area contributed by atoms with Crippen molar-refractivity contribution in [2.45, 2.75) is 69.2 Å². The van der Waals surface area contributed by atoms with Crippen LogP contribution in [-0.2, 0) is 0 Å². The minimum atomic E-state index is -4.11. The maximum atomic E-state index is 12.8. The number of guanidine groups is 1. The highest BCUT2D eigenvalue weighted by atomic mass is 127. The van der Waals surface area contributed by atoms with Crippen LogP contribution in [0.2, 0.25) is 0 Å². The molecular formula is C15H27F3IN3O. The average molecular weight is 449 g/mol. The Labute approximate surface area is 152 Å². The summed E-state index contributed by atoms with van der Waals surface area (Å²) in [6.45, 7) is 0.391. The topological polar surface area (TPSA) is 56.7 Å². The molecule has 2 unspecified atom stereocenters. The lowest BCUT2D eigenvalue weighted by Gasteiger charge is -2.32. The van der Waals surface area contributed by atoms with Crippen molar-refractivity contribution in [2.24, 2.45) is 10.9 Å². The predicted molar refractivity (Wildman–Crippen MR) is 95.1 cm³/mol. The van der Waals surface area contributed by atoms with Crippen LogP contribution < -0.4 is 10.6 Å². The minimum Gasteiger partial charge on any atom is -0.388 e. The molecule has 0 aliphatic heterocycles. The Morgan fingerprint density at radius 1 is 1.22 bits per heavy atom. The zero-order valence-corrected chi connectivity index (χ0v) is 15.8. The second kappa shape index (κ2) is 8.73. The van der Waals surface area contributed by atoms with Gasteiger partial charge in [-0.1, -0.05) is 19.3 Å². The van der Waals surface area contributed by atoms with Gasteiger partial charge in [0, 0.05) is 19.6 Å². The van der Waals surface area contributed by atoms with Crippen LogP contribution in [0.1, 0.15) is 51.4 Å². The molecule has 0 bridgehead atoms. The van der Waals surface area contributed by atoms with Crippen LogP contribution in [0.3, 0.4) is 0 Å². The number of nitrogens with zero attached hydrogens (tertiary/aromatic N) is 1. The molecule has 0 aromatic carbocycles. The Hall–Kier alpha value is -0.250. The van der Waals surface area contributed by atoms with Gasteiger partial charge in [0.2, 0.25) is 0 Å². The first-order valence-corrected chi connectivity index (χ1v) is 8.09. The normalized spacial score (nSPS) is 28.1. The molecule has 136 valence electrons. The van der Waals surface area contributed by atoms with Crippen molar-refractivity contribution in [1.29, 1.82) is 0 Å². The molecule has 2 aliphatic carbocycles. The van der Waals surface area contributed by atoms with Gasteiger partial charge in [-0.2, -0.15) is 13.2 Å². The van der Waals surface area contributed by atoms with Gasteiger partial charge in [0.25, 0.3) is 0 Å². The summed E-state index contributed by atoms with van der Waals surface area (Å²) in [6.07, 6.45) is 1.03. The first-order valence-electron chi connectivity index (χ1n) is 8.09. The highest BCUT2D eigenvalue weighted by Gasteiger charge is 2.42. The van der Waals surface area contributed by atoms with Crippen LogP contribution in [-0.4, -0.2) is 42.5 Å². The molecule has 0 aromatic heterocycles. The molecule has 0 spiro atoms. The zero-order chi connectivity index (χ0) is 16.2. The van der Waals surface area contributed by atoms with Gasteiger partial charge in [-0.05, 0) is 32.1 Å². The van der Waals surface area contributed by atoms with E-state index < -0.39 is 17.7 Å². The highest BCUT2D eigenvalue weighted by Crippen LogP contribution is 2.37.